The minimum Gasteiger partial charge on any atom is -0.467 e. The molecule has 0 bridgehead atoms. The molecule has 1 N–H and O–H groups in total. The van der Waals surface area contributed by atoms with Crippen LogP contribution in [-0.2, 0) is 4.74 Å². The summed E-state index contributed by atoms with van der Waals surface area (Å²) < 4.78 is 11.3. The number of rotatable bonds is 8. The molecule has 1 aromatic rings. The van der Waals surface area contributed by atoms with Crippen molar-refractivity contribution >= 4 is 0 Å². The molecule has 108 valence electrons. The summed E-state index contributed by atoms with van der Waals surface area (Å²) >= 11 is 0. The first kappa shape index (κ1) is 14.6. The molecule has 1 aromatic heterocycles. The molecule has 1 aliphatic rings. The first-order chi connectivity index (χ1) is 9.31. The van der Waals surface area contributed by atoms with Gasteiger partial charge in [0.2, 0.25) is 0 Å². The van der Waals surface area contributed by atoms with Gasteiger partial charge in [0.05, 0.1) is 18.4 Å². The van der Waals surface area contributed by atoms with Crippen LogP contribution in [0.4, 0.5) is 0 Å². The predicted molar refractivity (Wildman–Crippen MR) is 77.3 cm³/mol. The van der Waals surface area contributed by atoms with Crippen molar-refractivity contribution in [2.75, 3.05) is 13.2 Å². The second-order valence-electron chi connectivity index (χ2n) is 5.54. The van der Waals surface area contributed by atoms with E-state index in [0.29, 0.717) is 12.1 Å². The van der Waals surface area contributed by atoms with Crippen molar-refractivity contribution in [3.8, 4) is 0 Å². The van der Waals surface area contributed by atoms with E-state index in [1.54, 1.807) is 6.26 Å². The third-order valence-electron chi connectivity index (χ3n) is 3.90. The van der Waals surface area contributed by atoms with Crippen molar-refractivity contribution in [3.05, 3.63) is 23.7 Å². The van der Waals surface area contributed by atoms with Gasteiger partial charge in [0.15, 0.2) is 0 Å². The number of furan rings is 1. The number of hydrogen-bond acceptors (Lipinski definition) is 3. The van der Waals surface area contributed by atoms with Crippen LogP contribution in [-0.4, -0.2) is 19.3 Å². The maximum Gasteiger partial charge on any atom is 0.123 e. The van der Waals surface area contributed by atoms with Crippen molar-refractivity contribution in [1.82, 2.24) is 5.32 Å². The lowest BCUT2D eigenvalue weighted by atomic mass is 10.0. The maximum atomic E-state index is 5.69. The topological polar surface area (TPSA) is 34.4 Å². The Balaban J connectivity index is 1.81. The van der Waals surface area contributed by atoms with E-state index < -0.39 is 0 Å². The van der Waals surface area contributed by atoms with Gasteiger partial charge in [-0.05, 0) is 63.6 Å². The third-order valence-corrected chi connectivity index (χ3v) is 3.90. The molecule has 2 rings (SSSR count). The summed E-state index contributed by atoms with van der Waals surface area (Å²) in [4.78, 5) is 0. The lowest BCUT2D eigenvalue weighted by Crippen LogP contribution is -2.22. The number of hydrogen-bond donors (Lipinski definition) is 1. The molecule has 1 fully saturated rings. The molecule has 1 saturated heterocycles. The standard InChI is InChI=1S/C16H27NO2/c1-3-10-17-15(16-13(2)9-12-19-16)8-4-6-14-7-5-11-18-14/h9,12,14-15,17H,3-8,10-11H2,1-2H3. The molecule has 2 atom stereocenters. The van der Waals surface area contributed by atoms with Crippen LogP contribution in [0.2, 0.25) is 0 Å². The molecule has 0 radical (unpaired) electrons. The Bertz CT molecular complexity index is 355. The third kappa shape index (κ3) is 4.36. The van der Waals surface area contributed by atoms with E-state index in [0.717, 1.165) is 31.8 Å². The van der Waals surface area contributed by atoms with Gasteiger partial charge in [-0.15, -0.1) is 0 Å². The Morgan fingerprint density at radius 2 is 2.37 bits per heavy atom. The molecule has 1 aliphatic heterocycles. The molecule has 0 saturated carbocycles. The lowest BCUT2D eigenvalue weighted by molar-refractivity contribution is 0.101. The van der Waals surface area contributed by atoms with Crippen molar-refractivity contribution in [1.29, 1.82) is 0 Å². The van der Waals surface area contributed by atoms with Gasteiger partial charge in [0, 0.05) is 6.61 Å². The SMILES string of the molecule is CCCNC(CCCC1CCCO1)c1occc1C. The second kappa shape index (κ2) is 7.71. The molecule has 0 spiro atoms. The molecule has 2 unspecified atom stereocenters. The molecule has 3 nitrogen and oxygen atoms in total. The molecule has 0 aliphatic carbocycles. The molecule has 19 heavy (non-hydrogen) atoms. The summed E-state index contributed by atoms with van der Waals surface area (Å²) in [6.45, 7) is 6.33. The van der Waals surface area contributed by atoms with Gasteiger partial charge in [-0.3, -0.25) is 0 Å². The summed E-state index contributed by atoms with van der Waals surface area (Å²) in [5, 5.41) is 3.60. The zero-order chi connectivity index (χ0) is 13.5. The van der Waals surface area contributed by atoms with Crippen LogP contribution in [0, 0.1) is 6.92 Å². The Morgan fingerprint density at radius 1 is 1.47 bits per heavy atom. The molecular formula is C16H27NO2. The van der Waals surface area contributed by atoms with E-state index in [1.165, 1.54) is 31.2 Å². The normalized spacial score (nSPS) is 20.8. The second-order valence-corrected chi connectivity index (χ2v) is 5.54. The molecule has 0 amide bonds. The fraction of sp³-hybridized carbons (Fsp3) is 0.750. The average molecular weight is 265 g/mol. The van der Waals surface area contributed by atoms with Crippen LogP contribution in [0.25, 0.3) is 0 Å². The zero-order valence-electron chi connectivity index (χ0n) is 12.3. The number of aryl methyl sites for hydroxylation is 1. The summed E-state index contributed by atoms with van der Waals surface area (Å²) in [7, 11) is 0. The number of ether oxygens (including phenoxy) is 1. The zero-order valence-corrected chi connectivity index (χ0v) is 12.3. The fourth-order valence-corrected chi connectivity index (χ4v) is 2.81. The fourth-order valence-electron chi connectivity index (χ4n) is 2.81. The number of nitrogens with one attached hydrogen (secondary N) is 1. The summed E-state index contributed by atoms with van der Waals surface area (Å²) in [5.74, 6) is 1.11. The molecular weight excluding hydrogens is 238 g/mol. The van der Waals surface area contributed by atoms with Gasteiger partial charge in [-0.2, -0.15) is 0 Å². The van der Waals surface area contributed by atoms with Gasteiger partial charge >= 0.3 is 0 Å². The van der Waals surface area contributed by atoms with E-state index in [1.807, 2.05) is 0 Å². The Hall–Kier alpha value is -0.800. The maximum absolute atomic E-state index is 5.69. The molecule has 2 heterocycles. The average Bonchev–Trinajstić information content (AvgIpc) is 3.05. The van der Waals surface area contributed by atoms with Gasteiger partial charge in [-0.1, -0.05) is 6.92 Å². The largest absolute Gasteiger partial charge is 0.467 e. The smallest absolute Gasteiger partial charge is 0.123 e. The monoisotopic (exact) mass is 265 g/mol. The van der Waals surface area contributed by atoms with Crippen LogP contribution in [0.3, 0.4) is 0 Å². The minimum absolute atomic E-state index is 0.358. The van der Waals surface area contributed by atoms with Crippen molar-refractivity contribution in [2.45, 2.75) is 64.5 Å². The van der Waals surface area contributed by atoms with Crippen LogP contribution in [0.15, 0.2) is 16.7 Å². The predicted octanol–water partition coefficient (Wildman–Crippen LogP) is 3.98. The summed E-state index contributed by atoms with van der Waals surface area (Å²) in [6.07, 6.45) is 9.45. The van der Waals surface area contributed by atoms with E-state index in [2.05, 4.69) is 25.2 Å². The first-order valence-electron chi connectivity index (χ1n) is 7.70. The highest BCUT2D eigenvalue weighted by atomic mass is 16.5. The van der Waals surface area contributed by atoms with E-state index >= 15 is 0 Å². The summed E-state index contributed by atoms with van der Waals surface area (Å²) in [5.41, 5.74) is 1.26. The van der Waals surface area contributed by atoms with Crippen LogP contribution >= 0.6 is 0 Å². The Kier molecular flexibility index (Phi) is 5.93. The van der Waals surface area contributed by atoms with Gasteiger partial charge in [0.1, 0.15) is 5.76 Å². The highest BCUT2D eigenvalue weighted by Gasteiger charge is 2.19. The van der Waals surface area contributed by atoms with Crippen molar-refractivity contribution in [3.63, 3.8) is 0 Å². The highest BCUT2D eigenvalue weighted by Crippen LogP contribution is 2.25. The Morgan fingerprint density at radius 3 is 3.00 bits per heavy atom. The van der Waals surface area contributed by atoms with Gasteiger partial charge in [0.25, 0.3) is 0 Å². The van der Waals surface area contributed by atoms with Crippen LogP contribution < -0.4 is 5.32 Å². The van der Waals surface area contributed by atoms with E-state index in [-0.39, 0.29) is 0 Å². The highest BCUT2D eigenvalue weighted by molar-refractivity contribution is 5.18. The van der Waals surface area contributed by atoms with Crippen LogP contribution in [0.1, 0.15) is 62.8 Å². The van der Waals surface area contributed by atoms with Gasteiger partial charge < -0.3 is 14.5 Å². The van der Waals surface area contributed by atoms with E-state index in [4.69, 9.17) is 9.15 Å². The lowest BCUT2D eigenvalue weighted by Gasteiger charge is -2.18. The van der Waals surface area contributed by atoms with E-state index in [9.17, 15) is 0 Å². The molecule has 0 aromatic carbocycles. The van der Waals surface area contributed by atoms with Crippen LogP contribution in [0.5, 0.6) is 0 Å². The minimum atomic E-state index is 0.358. The Labute approximate surface area is 116 Å². The molecule has 3 heteroatoms. The van der Waals surface area contributed by atoms with Crippen molar-refractivity contribution < 1.29 is 9.15 Å². The summed E-state index contributed by atoms with van der Waals surface area (Å²) in [6, 6.07) is 2.41. The van der Waals surface area contributed by atoms with Gasteiger partial charge in [-0.25, -0.2) is 0 Å². The first-order valence-corrected chi connectivity index (χ1v) is 7.70. The quantitative estimate of drug-likeness (QED) is 0.772. The van der Waals surface area contributed by atoms with Crippen molar-refractivity contribution in [2.24, 2.45) is 0 Å².